The molecule has 2 rings (SSSR count). The fourth-order valence-corrected chi connectivity index (χ4v) is 5.35. The van der Waals surface area contributed by atoms with Crippen LogP contribution in [0.25, 0.3) is 0 Å². The third-order valence-corrected chi connectivity index (χ3v) is 6.15. The SMILES string of the molecule is CNC1C(S(=O)c2cccc(Cl)c2)CCCC1(C)C. The maximum absolute atomic E-state index is 12.8. The molecule has 0 aromatic heterocycles. The van der Waals surface area contributed by atoms with Crippen molar-refractivity contribution in [1.82, 2.24) is 5.32 Å². The number of hydrogen-bond acceptors (Lipinski definition) is 2. The van der Waals surface area contributed by atoms with Crippen molar-refractivity contribution in [3.8, 4) is 0 Å². The molecule has 0 saturated heterocycles. The van der Waals surface area contributed by atoms with Gasteiger partial charge in [0.1, 0.15) is 0 Å². The van der Waals surface area contributed by atoms with E-state index in [0.29, 0.717) is 5.02 Å². The van der Waals surface area contributed by atoms with Gasteiger partial charge in [0.2, 0.25) is 0 Å². The lowest BCUT2D eigenvalue weighted by Crippen LogP contribution is -2.52. The molecule has 1 aliphatic carbocycles. The molecule has 3 unspecified atom stereocenters. The summed E-state index contributed by atoms with van der Waals surface area (Å²) in [7, 11) is 0.969. The van der Waals surface area contributed by atoms with Crippen LogP contribution in [0.3, 0.4) is 0 Å². The van der Waals surface area contributed by atoms with Gasteiger partial charge in [-0.15, -0.1) is 0 Å². The molecule has 0 aliphatic heterocycles. The fraction of sp³-hybridized carbons (Fsp3) is 0.600. The monoisotopic (exact) mass is 299 g/mol. The van der Waals surface area contributed by atoms with Gasteiger partial charge < -0.3 is 5.32 Å². The first-order valence-corrected chi connectivity index (χ1v) is 8.38. The van der Waals surface area contributed by atoms with Crippen LogP contribution in [0.5, 0.6) is 0 Å². The Morgan fingerprint density at radius 2 is 2.16 bits per heavy atom. The van der Waals surface area contributed by atoms with Crippen molar-refractivity contribution >= 4 is 22.4 Å². The van der Waals surface area contributed by atoms with E-state index >= 15 is 0 Å². The Kier molecular flexibility index (Phi) is 4.70. The van der Waals surface area contributed by atoms with Crippen LogP contribution in [-0.2, 0) is 10.8 Å². The molecular weight excluding hydrogens is 278 g/mol. The van der Waals surface area contributed by atoms with Gasteiger partial charge in [-0.1, -0.05) is 37.9 Å². The van der Waals surface area contributed by atoms with Gasteiger partial charge in [0, 0.05) is 16.0 Å². The van der Waals surface area contributed by atoms with Crippen LogP contribution in [0.2, 0.25) is 5.02 Å². The Balaban J connectivity index is 2.27. The molecule has 0 bridgehead atoms. The van der Waals surface area contributed by atoms with E-state index in [0.717, 1.165) is 17.7 Å². The predicted octanol–water partition coefficient (Wildman–Crippen LogP) is 3.61. The highest BCUT2D eigenvalue weighted by Crippen LogP contribution is 2.38. The number of nitrogens with one attached hydrogen (secondary N) is 1. The van der Waals surface area contributed by atoms with Crippen molar-refractivity contribution in [2.45, 2.75) is 49.3 Å². The summed E-state index contributed by atoms with van der Waals surface area (Å²) in [6.07, 6.45) is 3.33. The Bertz CT molecular complexity index is 475. The van der Waals surface area contributed by atoms with E-state index in [9.17, 15) is 4.21 Å². The summed E-state index contributed by atoms with van der Waals surface area (Å²) >= 11 is 6.00. The Labute approximate surface area is 123 Å². The van der Waals surface area contributed by atoms with E-state index < -0.39 is 10.8 Å². The first-order chi connectivity index (χ1) is 8.95. The lowest BCUT2D eigenvalue weighted by Gasteiger charge is -2.43. The van der Waals surface area contributed by atoms with Gasteiger partial charge >= 0.3 is 0 Å². The minimum atomic E-state index is -1.00. The molecule has 0 spiro atoms. The summed E-state index contributed by atoms with van der Waals surface area (Å²) in [5.74, 6) is 0. The largest absolute Gasteiger partial charge is 0.315 e. The lowest BCUT2D eigenvalue weighted by atomic mass is 9.73. The summed E-state index contributed by atoms with van der Waals surface area (Å²) in [5.41, 5.74) is 0.186. The van der Waals surface area contributed by atoms with Crippen LogP contribution < -0.4 is 5.32 Å². The van der Waals surface area contributed by atoms with Crippen LogP contribution >= 0.6 is 11.6 Å². The van der Waals surface area contributed by atoms with Crippen molar-refractivity contribution in [3.63, 3.8) is 0 Å². The van der Waals surface area contributed by atoms with Crippen molar-refractivity contribution < 1.29 is 4.21 Å². The van der Waals surface area contributed by atoms with Gasteiger partial charge in [-0.3, -0.25) is 4.21 Å². The first kappa shape index (κ1) is 15.0. The van der Waals surface area contributed by atoms with E-state index in [1.807, 2.05) is 31.3 Å². The summed E-state index contributed by atoms with van der Waals surface area (Å²) in [6.45, 7) is 4.52. The normalized spacial score (nSPS) is 28.0. The Morgan fingerprint density at radius 1 is 1.42 bits per heavy atom. The molecule has 19 heavy (non-hydrogen) atoms. The molecule has 0 heterocycles. The summed E-state index contributed by atoms with van der Waals surface area (Å²) in [6, 6.07) is 7.71. The van der Waals surface area contributed by atoms with Gasteiger partial charge in [-0.2, -0.15) is 0 Å². The van der Waals surface area contributed by atoms with Crippen molar-refractivity contribution in [2.75, 3.05) is 7.05 Å². The molecule has 1 aromatic carbocycles. The Morgan fingerprint density at radius 3 is 2.79 bits per heavy atom. The predicted molar refractivity (Wildman–Crippen MR) is 82.1 cm³/mol. The summed E-state index contributed by atoms with van der Waals surface area (Å²) in [5, 5.41) is 4.20. The van der Waals surface area contributed by atoms with Crippen LogP contribution in [0, 0.1) is 5.41 Å². The molecular formula is C15H22ClNOS. The molecule has 2 nitrogen and oxygen atoms in total. The topological polar surface area (TPSA) is 29.1 Å². The van der Waals surface area contributed by atoms with E-state index in [1.54, 1.807) is 0 Å². The highest BCUT2D eigenvalue weighted by atomic mass is 35.5. The number of benzene rings is 1. The van der Waals surface area contributed by atoms with Crippen molar-refractivity contribution in [1.29, 1.82) is 0 Å². The average molecular weight is 300 g/mol. The molecule has 0 amide bonds. The molecule has 1 saturated carbocycles. The minimum Gasteiger partial charge on any atom is -0.315 e. The zero-order valence-corrected chi connectivity index (χ0v) is 13.4. The molecule has 106 valence electrons. The van der Waals surface area contributed by atoms with Crippen LogP contribution in [-0.4, -0.2) is 22.5 Å². The van der Waals surface area contributed by atoms with Gasteiger partial charge in [0.25, 0.3) is 0 Å². The smallest absolute Gasteiger partial charge is 0.0577 e. The summed E-state index contributed by atoms with van der Waals surface area (Å²) < 4.78 is 12.8. The van der Waals surface area contributed by atoms with Crippen molar-refractivity contribution in [2.24, 2.45) is 5.41 Å². The lowest BCUT2D eigenvalue weighted by molar-refractivity contribution is 0.180. The highest BCUT2D eigenvalue weighted by Gasteiger charge is 2.41. The number of halogens is 1. The first-order valence-electron chi connectivity index (χ1n) is 6.79. The molecule has 1 aliphatic rings. The second-order valence-electron chi connectivity index (χ2n) is 5.94. The molecule has 3 atom stereocenters. The van der Waals surface area contributed by atoms with Gasteiger partial charge in [0.15, 0.2) is 0 Å². The third-order valence-electron chi connectivity index (χ3n) is 4.14. The summed E-state index contributed by atoms with van der Waals surface area (Å²) in [4.78, 5) is 0.843. The van der Waals surface area contributed by atoms with Gasteiger partial charge in [-0.05, 0) is 43.5 Å². The van der Waals surface area contributed by atoms with Crippen LogP contribution in [0.15, 0.2) is 29.2 Å². The standard InChI is InChI=1S/C15H22ClNOS/c1-15(2)9-5-8-13(14(15)17-3)19(18)12-7-4-6-11(16)10-12/h4,6-7,10,13-14,17H,5,8-9H2,1-3H3. The maximum Gasteiger partial charge on any atom is 0.0577 e. The number of rotatable bonds is 3. The maximum atomic E-state index is 12.8. The molecule has 1 aromatic rings. The third kappa shape index (κ3) is 3.21. The highest BCUT2D eigenvalue weighted by molar-refractivity contribution is 7.85. The molecule has 1 fully saturated rings. The zero-order chi connectivity index (χ0) is 14.0. The number of hydrogen-bond donors (Lipinski definition) is 1. The quantitative estimate of drug-likeness (QED) is 0.924. The average Bonchev–Trinajstić information content (AvgIpc) is 2.36. The second kappa shape index (κ2) is 5.94. The van der Waals surface area contributed by atoms with Gasteiger partial charge in [-0.25, -0.2) is 0 Å². The van der Waals surface area contributed by atoms with Crippen LogP contribution in [0.4, 0.5) is 0 Å². The minimum absolute atomic E-state index is 0.159. The molecule has 0 radical (unpaired) electrons. The van der Waals surface area contributed by atoms with E-state index in [4.69, 9.17) is 11.6 Å². The van der Waals surface area contributed by atoms with E-state index in [1.165, 1.54) is 6.42 Å². The van der Waals surface area contributed by atoms with Crippen molar-refractivity contribution in [3.05, 3.63) is 29.3 Å². The van der Waals surface area contributed by atoms with E-state index in [2.05, 4.69) is 19.2 Å². The van der Waals surface area contributed by atoms with Gasteiger partial charge in [0.05, 0.1) is 16.0 Å². The van der Waals surface area contributed by atoms with Crippen LogP contribution in [0.1, 0.15) is 33.1 Å². The second-order valence-corrected chi connectivity index (χ2v) is 8.05. The molecule has 4 heteroatoms. The molecule has 1 N–H and O–H groups in total. The Hall–Kier alpha value is -0.380. The van der Waals surface area contributed by atoms with E-state index in [-0.39, 0.29) is 16.7 Å². The zero-order valence-electron chi connectivity index (χ0n) is 11.8. The fourth-order valence-electron chi connectivity index (χ4n) is 3.16.